The Balaban J connectivity index is 2.23. The summed E-state index contributed by atoms with van der Waals surface area (Å²) < 4.78 is 1.28. The zero-order chi connectivity index (χ0) is 15.2. The topological polar surface area (TPSA) is 90.1 Å². The molecule has 0 spiro atoms. The maximum atomic E-state index is 11.8. The normalized spacial score (nSPS) is 10.3. The standard InChI is InChI=1S/C14H16N4O3/c1-2-6-15-11-5-7-16-12(8-11)9-17-10-13(18(20)21)3-4-14(17)19/h3-5,7-8,10H,2,6,9H2,1H3,(H,15,16). The van der Waals surface area contributed by atoms with E-state index in [2.05, 4.69) is 17.2 Å². The highest BCUT2D eigenvalue weighted by atomic mass is 16.6. The van der Waals surface area contributed by atoms with E-state index in [-0.39, 0.29) is 17.8 Å². The minimum atomic E-state index is -0.525. The van der Waals surface area contributed by atoms with Crippen LogP contribution >= 0.6 is 0 Å². The fourth-order valence-electron chi connectivity index (χ4n) is 1.87. The molecule has 7 heteroatoms. The monoisotopic (exact) mass is 288 g/mol. The third-order valence-corrected chi connectivity index (χ3v) is 2.91. The van der Waals surface area contributed by atoms with Crippen LogP contribution in [0.15, 0.2) is 41.5 Å². The molecule has 0 aliphatic carbocycles. The molecule has 2 heterocycles. The number of nitrogens with zero attached hydrogens (tertiary/aromatic N) is 3. The summed E-state index contributed by atoms with van der Waals surface area (Å²) in [5.41, 5.74) is 1.17. The van der Waals surface area contributed by atoms with Gasteiger partial charge in [-0.25, -0.2) is 0 Å². The number of nitrogens with one attached hydrogen (secondary N) is 1. The third kappa shape index (κ3) is 3.88. The van der Waals surface area contributed by atoms with Crippen LogP contribution in [0.1, 0.15) is 19.0 Å². The molecule has 0 radical (unpaired) electrons. The van der Waals surface area contributed by atoms with Crippen molar-refractivity contribution in [3.05, 3.63) is 62.8 Å². The second-order valence-corrected chi connectivity index (χ2v) is 4.57. The van der Waals surface area contributed by atoms with E-state index in [0.717, 1.165) is 18.7 Å². The summed E-state index contributed by atoms with van der Waals surface area (Å²) in [7, 11) is 0. The molecular formula is C14H16N4O3. The third-order valence-electron chi connectivity index (χ3n) is 2.91. The van der Waals surface area contributed by atoms with Gasteiger partial charge in [0.15, 0.2) is 0 Å². The highest BCUT2D eigenvalue weighted by Gasteiger charge is 2.08. The Morgan fingerprint density at radius 2 is 2.19 bits per heavy atom. The molecule has 0 unspecified atom stereocenters. The number of nitro groups is 1. The Morgan fingerprint density at radius 3 is 2.90 bits per heavy atom. The average molecular weight is 288 g/mol. The van der Waals surface area contributed by atoms with Crippen LogP contribution in [0.3, 0.4) is 0 Å². The second-order valence-electron chi connectivity index (χ2n) is 4.57. The van der Waals surface area contributed by atoms with Gasteiger partial charge in [-0.05, 0) is 18.6 Å². The summed E-state index contributed by atoms with van der Waals surface area (Å²) in [6.07, 6.45) is 3.88. The Morgan fingerprint density at radius 1 is 1.38 bits per heavy atom. The Hall–Kier alpha value is -2.70. The van der Waals surface area contributed by atoms with Crippen LogP contribution < -0.4 is 10.9 Å². The fourth-order valence-corrected chi connectivity index (χ4v) is 1.87. The first-order valence-corrected chi connectivity index (χ1v) is 6.64. The van der Waals surface area contributed by atoms with Crippen molar-refractivity contribution in [3.8, 4) is 0 Å². The van der Waals surface area contributed by atoms with Gasteiger partial charge in [0.25, 0.3) is 11.2 Å². The van der Waals surface area contributed by atoms with Crippen LogP contribution in [-0.2, 0) is 6.54 Å². The highest BCUT2D eigenvalue weighted by Crippen LogP contribution is 2.11. The lowest BCUT2D eigenvalue weighted by Gasteiger charge is -2.08. The van der Waals surface area contributed by atoms with E-state index in [1.807, 2.05) is 12.1 Å². The van der Waals surface area contributed by atoms with E-state index < -0.39 is 4.92 Å². The second kappa shape index (κ2) is 6.65. The number of aromatic nitrogens is 2. The minimum absolute atomic E-state index is 0.116. The molecule has 0 bridgehead atoms. The van der Waals surface area contributed by atoms with E-state index in [1.54, 1.807) is 6.20 Å². The van der Waals surface area contributed by atoms with Crippen molar-refractivity contribution in [2.45, 2.75) is 19.9 Å². The van der Waals surface area contributed by atoms with Gasteiger partial charge in [-0.15, -0.1) is 0 Å². The largest absolute Gasteiger partial charge is 0.385 e. The molecule has 2 aromatic rings. The van der Waals surface area contributed by atoms with E-state index >= 15 is 0 Å². The van der Waals surface area contributed by atoms with Crippen molar-refractivity contribution in [3.63, 3.8) is 0 Å². The summed E-state index contributed by atoms with van der Waals surface area (Å²) in [6.45, 7) is 3.11. The Kier molecular flexibility index (Phi) is 4.65. The van der Waals surface area contributed by atoms with Gasteiger partial charge in [-0.3, -0.25) is 19.9 Å². The summed E-state index contributed by atoms with van der Waals surface area (Å²) in [6, 6.07) is 6.07. The van der Waals surface area contributed by atoms with Crippen molar-refractivity contribution >= 4 is 11.4 Å². The molecule has 0 aliphatic rings. The van der Waals surface area contributed by atoms with Gasteiger partial charge in [0.1, 0.15) is 0 Å². The molecule has 0 saturated heterocycles. The number of hydrogen-bond acceptors (Lipinski definition) is 5. The number of rotatable bonds is 6. The van der Waals surface area contributed by atoms with Crippen LogP contribution in [0.5, 0.6) is 0 Å². The number of hydrogen-bond donors (Lipinski definition) is 1. The van der Waals surface area contributed by atoms with Gasteiger partial charge >= 0.3 is 0 Å². The molecule has 7 nitrogen and oxygen atoms in total. The Bertz CT molecular complexity index is 697. The zero-order valence-corrected chi connectivity index (χ0v) is 11.7. The average Bonchev–Trinajstić information content (AvgIpc) is 2.47. The van der Waals surface area contributed by atoms with Crippen molar-refractivity contribution in [2.24, 2.45) is 0 Å². The molecule has 0 aromatic carbocycles. The van der Waals surface area contributed by atoms with Gasteiger partial charge in [-0.1, -0.05) is 6.92 Å². The molecule has 1 N–H and O–H groups in total. The van der Waals surface area contributed by atoms with Crippen molar-refractivity contribution in [1.29, 1.82) is 0 Å². The van der Waals surface area contributed by atoms with E-state index in [1.165, 1.54) is 22.9 Å². The van der Waals surface area contributed by atoms with E-state index in [4.69, 9.17) is 0 Å². The zero-order valence-electron chi connectivity index (χ0n) is 11.7. The molecule has 2 rings (SSSR count). The lowest BCUT2D eigenvalue weighted by atomic mass is 10.3. The van der Waals surface area contributed by atoms with Crippen LogP contribution in [0.25, 0.3) is 0 Å². The lowest BCUT2D eigenvalue weighted by molar-refractivity contribution is -0.385. The quantitative estimate of drug-likeness (QED) is 0.648. The fraction of sp³-hybridized carbons (Fsp3) is 0.286. The van der Waals surface area contributed by atoms with Crippen LogP contribution in [-0.4, -0.2) is 21.0 Å². The molecule has 21 heavy (non-hydrogen) atoms. The summed E-state index contributed by atoms with van der Waals surface area (Å²) in [4.78, 5) is 26.2. The summed E-state index contributed by atoms with van der Waals surface area (Å²) in [5.74, 6) is 0. The van der Waals surface area contributed by atoms with Gasteiger partial charge < -0.3 is 9.88 Å². The first-order valence-electron chi connectivity index (χ1n) is 6.64. The molecular weight excluding hydrogens is 272 g/mol. The molecule has 0 fully saturated rings. The summed E-state index contributed by atoms with van der Waals surface area (Å²) >= 11 is 0. The number of anilines is 1. The predicted molar refractivity (Wildman–Crippen MR) is 79.5 cm³/mol. The minimum Gasteiger partial charge on any atom is -0.385 e. The molecule has 0 amide bonds. The van der Waals surface area contributed by atoms with Crippen LogP contribution in [0.4, 0.5) is 11.4 Å². The molecule has 2 aromatic heterocycles. The van der Waals surface area contributed by atoms with Gasteiger partial charge in [-0.2, -0.15) is 0 Å². The van der Waals surface area contributed by atoms with Gasteiger partial charge in [0, 0.05) is 30.6 Å². The van der Waals surface area contributed by atoms with Crippen molar-refractivity contribution < 1.29 is 4.92 Å². The molecule has 110 valence electrons. The highest BCUT2D eigenvalue weighted by molar-refractivity contribution is 5.43. The first kappa shape index (κ1) is 14.7. The molecule has 0 aliphatic heterocycles. The number of pyridine rings is 2. The SMILES string of the molecule is CCCNc1ccnc(Cn2cc([N+](=O)[O-])ccc2=O)c1. The molecule has 0 atom stereocenters. The van der Waals surface area contributed by atoms with Gasteiger partial charge in [0.2, 0.25) is 0 Å². The smallest absolute Gasteiger partial charge is 0.285 e. The van der Waals surface area contributed by atoms with E-state index in [0.29, 0.717) is 5.69 Å². The van der Waals surface area contributed by atoms with Crippen molar-refractivity contribution in [2.75, 3.05) is 11.9 Å². The molecule has 0 saturated carbocycles. The summed E-state index contributed by atoms with van der Waals surface area (Å²) in [5, 5.41) is 14.0. The van der Waals surface area contributed by atoms with Crippen LogP contribution in [0, 0.1) is 10.1 Å². The maximum Gasteiger partial charge on any atom is 0.285 e. The Labute approximate surface area is 121 Å². The lowest BCUT2D eigenvalue weighted by Crippen LogP contribution is -2.20. The van der Waals surface area contributed by atoms with Gasteiger partial charge in [0.05, 0.1) is 23.4 Å². The van der Waals surface area contributed by atoms with Crippen LogP contribution in [0.2, 0.25) is 0 Å². The van der Waals surface area contributed by atoms with Crippen molar-refractivity contribution in [1.82, 2.24) is 9.55 Å². The van der Waals surface area contributed by atoms with E-state index in [9.17, 15) is 14.9 Å². The maximum absolute atomic E-state index is 11.8. The first-order chi connectivity index (χ1) is 10.1. The predicted octanol–water partition coefficient (Wildman–Crippen LogP) is 2.02.